The number of alkyl halides is 3. The summed E-state index contributed by atoms with van der Waals surface area (Å²) >= 11 is 0. The third-order valence-corrected chi connectivity index (χ3v) is 3.50. The molecule has 1 rings (SSSR count). The maximum Gasteiger partial charge on any atom is 0.406 e. The van der Waals surface area contributed by atoms with Gasteiger partial charge in [0.05, 0.1) is 0 Å². The summed E-state index contributed by atoms with van der Waals surface area (Å²) < 4.78 is 36.9. The van der Waals surface area contributed by atoms with Gasteiger partial charge in [-0.3, -0.25) is 4.79 Å². The number of amides is 1. The Hall–Kier alpha value is -1.52. The Morgan fingerprint density at radius 3 is 2.38 bits per heavy atom. The van der Waals surface area contributed by atoms with Crippen molar-refractivity contribution < 1.29 is 18.0 Å². The zero-order valence-electron chi connectivity index (χ0n) is 15.1. The van der Waals surface area contributed by atoms with Crippen molar-refractivity contribution in [3.63, 3.8) is 0 Å². The van der Waals surface area contributed by atoms with Gasteiger partial charge in [0.25, 0.3) is 0 Å². The second-order valence-corrected chi connectivity index (χ2v) is 5.75. The summed E-state index contributed by atoms with van der Waals surface area (Å²) in [7, 11) is 1.11. The van der Waals surface area contributed by atoms with Gasteiger partial charge in [0.1, 0.15) is 13.1 Å². The maximum atomic E-state index is 12.3. The predicted molar refractivity (Wildman–Crippen MR) is 108 cm³/mol. The lowest BCUT2D eigenvalue weighted by Gasteiger charge is -2.19. The molecule has 1 aromatic rings. The molecule has 148 valence electrons. The van der Waals surface area contributed by atoms with Crippen molar-refractivity contribution in [3.8, 4) is 0 Å². The van der Waals surface area contributed by atoms with Gasteiger partial charge < -0.3 is 15.5 Å². The van der Waals surface area contributed by atoms with Crippen LogP contribution < -0.4 is 10.6 Å². The van der Waals surface area contributed by atoms with Crippen molar-refractivity contribution >= 4 is 35.8 Å². The van der Waals surface area contributed by atoms with E-state index in [-0.39, 0.29) is 36.4 Å². The third kappa shape index (κ3) is 9.83. The fraction of sp³-hybridized carbons (Fsp3) is 0.529. The van der Waals surface area contributed by atoms with Crippen LogP contribution in [0, 0.1) is 0 Å². The molecule has 0 saturated heterocycles. The van der Waals surface area contributed by atoms with E-state index in [1.807, 2.05) is 44.2 Å². The molecule has 1 unspecified atom stereocenters. The molecule has 0 aliphatic carbocycles. The van der Waals surface area contributed by atoms with Crippen molar-refractivity contribution in [1.82, 2.24) is 15.5 Å². The van der Waals surface area contributed by atoms with E-state index >= 15 is 0 Å². The molecule has 1 amide bonds. The van der Waals surface area contributed by atoms with E-state index < -0.39 is 18.6 Å². The molecule has 0 saturated carbocycles. The number of rotatable bonds is 7. The Kier molecular flexibility index (Phi) is 11.3. The van der Waals surface area contributed by atoms with Gasteiger partial charge in [0.15, 0.2) is 5.96 Å². The molecule has 0 spiro atoms. The molecule has 26 heavy (non-hydrogen) atoms. The number of carbonyl (C=O) groups is 1. The van der Waals surface area contributed by atoms with E-state index in [4.69, 9.17) is 0 Å². The Labute approximate surface area is 169 Å². The number of halogens is 4. The number of hydrogen-bond donors (Lipinski definition) is 2. The Morgan fingerprint density at radius 1 is 1.23 bits per heavy atom. The largest absolute Gasteiger partial charge is 0.406 e. The van der Waals surface area contributed by atoms with Crippen molar-refractivity contribution in [2.45, 2.75) is 25.9 Å². The standard InChI is InChI=1S/C17H25F3N4O.HI/c1-4-21-16(22-10-13(2)14-8-6-5-7-9-14)23-11-15(25)24(3)12-17(18,19)20;/h5-9,13H,4,10-12H2,1-3H3,(H2,21,22,23);1H. The molecular weight excluding hydrogens is 460 g/mol. The van der Waals surface area contributed by atoms with Gasteiger partial charge in [0.2, 0.25) is 5.91 Å². The molecule has 1 atom stereocenters. The molecule has 0 aliphatic heterocycles. The van der Waals surface area contributed by atoms with Gasteiger partial charge in [-0.05, 0) is 18.4 Å². The summed E-state index contributed by atoms with van der Waals surface area (Å²) in [4.78, 5) is 16.4. The van der Waals surface area contributed by atoms with Crippen LogP contribution in [0.2, 0.25) is 0 Å². The van der Waals surface area contributed by atoms with Crippen molar-refractivity contribution in [3.05, 3.63) is 35.9 Å². The first kappa shape index (κ1) is 24.5. The van der Waals surface area contributed by atoms with E-state index in [1.54, 1.807) is 0 Å². The second-order valence-electron chi connectivity index (χ2n) is 5.75. The van der Waals surface area contributed by atoms with Gasteiger partial charge in [-0.1, -0.05) is 37.3 Å². The first-order valence-electron chi connectivity index (χ1n) is 8.10. The van der Waals surface area contributed by atoms with Crippen LogP contribution in [0.5, 0.6) is 0 Å². The van der Waals surface area contributed by atoms with E-state index in [9.17, 15) is 18.0 Å². The van der Waals surface area contributed by atoms with Gasteiger partial charge in [0, 0.05) is 20.1 Å². The number of aliphatic imine (C=N–C) groups is 1. The predicted octanol–water partition coefficient (Wildman–Crippen LogP) is 2.98. The highest BCUT2D eigenvalue weighted by atomic mass is 127. The van der Waals surface area contributed by atoms with Crippen LogP contribution in [0.1, 0.15) is 25.3 Å². The van der Waals surface area contributed by atoms with Crippen molar-refractivity contribution in [1.29, 1.82) is 0 Å². The Balaban J connectivity index is 0.00000625. The number of nitrogens with one attached hydrogen (secondary N) is 2. The number of carbonyl (C=O) groups excluding carboxylic acids is 1. The minimum absolute atomic E-state index is 0. The molecule has 0 heterocycles. The average Bonchev–Trinajstić information content (AvgIpc) is 2.56. The molecule has 0 aliphatic rings. The third-order valence-electron chi connectivity index (χ3n) is 3.50. The number of guanidine groups is 1. The van der Waals surface area contributed by atoms with Crippen LogP contribution in [-0.4, -0.2) is 56.2 Å². The fourth-order valence-corrected chi connectivity index (χ4v) is 2.12. The van der Waals surface area contributed by atoms with Crippen LogP contribution in [0.25, 0.3) is 0 Å². The highest BCUT2D eigenvalue weighted by molar-refractivity contribution is 14.0. The fourth-order valence-electron chi connectivity index (χ4n) is 2.12. The molecule has 0 fully saturated rings. The minimum atomic E-state index is -4.41. The quantitative estimate of drug-likeness (QED) is 0.354. The summed E-state index contributed by atoms with van der Waals surface area (Å²) in [5.41, 5.74) is 1.16. The SMILES string of the molecule is CCNC(=NCC(=O)N(C)CC(F)(F)F)NCC(C)c1ccccc1.I. The summed E-state index contributed by atoms with van der Waals surface area (Å²) in [6.07, 6.45) is -4.41. The molecule has 0 radical (unpaired) electrons. The van der Waals surface area contributed by atoms with Gasteiger partial charge >= 0.3 is 6.18 Å². The Bertz CT molecular complexity index is 567. The lowest BCUT2D eigenvalue weighted by atomic mass is 10.0. The van der Waals surface area contributed by atoms with Crippen LogP contribution in [0.4, 0.5) is 13.2 Å². The maximum absolute atomic E-state index is 12.3. The molecule has 9 heteroatoms. The van der Waals surface area contributed by atoms with Gasteiger partial charge in [-0.15, -0.1) is 24.0 Å². The van der Waals surface area contributed by atoms with E-state index in [1.165, 1.54) is 0 Å². The summed E-state index contributed by atoms with van der Waals surface area (Å²) in [5, 5.41) is 6.09. The topological polar surface area (TPSA) is 56.7 Å². The van der Waals surface area contributed by atoms with E-state index in [2.05, 4.69) is 15.6 Å². The number of benzene rings is 1. The second kappa shape index (κ2) is 12.0. The monoisotopic (exact) mass is 486 g/mol. The van der Waals surface area contributed by atoms with Gasteiger partial charge in [-0.25, -0.2) is 4.99 Å². The molecule has 0 bridgehead atoms. The molecular formula is C17H26F3IN4O. The first-order valence-corrected chi connectivity index (χ1v) is 8.10. The van der Waals surface area contributed by atoms with Crippen molar-refractivity contribution in [2.24, 2.45) is 4.99 Å². The molecule has 0 aromatic heterocycles. The molecule has 1 aromatic carbocycles. The summed E-state index contributed by atoms with van der Waals surface area (Å²) in [6.45, 7) is 3.46. The average molecular weight is 486 g/mol. The summed E-state index contributed by atoms with van der Waals surface area (Å²) in [5.74, 6) is -0.0710. The van der Waals surface area contributed by atoms with Crippen LogP contribution in [-0.2, 0) is 4.79 Å². The highest BCUT2D eigenvalue weighted by Crippen LogP contribution is 2.15. The van der Waals surface area contributed by atoms with Gasteiger partial charge in [-0.2, -0.15) is 13.2 Å². The van der Waals surface area contributed by atoms with Crippen LogP contribution in [0.15, 0.2) is 35.3 Å². The lowest BCUT2D eigenvalue weighted by molar-refractivity contribution is -0.157. The number of hydrogen-bond acceptors (Lipinski definition) is 2. The summed E-state index contributed by atoms with van der Waals surface area (Å²) in [6, 6.07) is 9.90. The van der Waals surface area contributed by atoms with Crippen LogP contribution >= 0.6 is 24.0 Å². The Morgan fingerprint density at radius 2 is 1.85 bits per heavy atom. The smallest absolute Gasteiger partial charge is 0.357 e. The highest BCUT2D eigenvalue weighted by Gasteiger charge is 2.31. The zero-order valence-corrected chi connectivity index (χ0v) is 17.5. The normalized spacial score (nSPS) is 12.8. The number of likely N-dealkylation sites (N-methyl/N-ethyl adjacent to an activating group) is 1. The lowest BCUT2D eigenvalue weighted by Crippen LogP contribution is -2.41. The minimum Gasteiger partial charge on any atom is -0.357 e. The zero-order chi connectivity index (χ0) is 18.9. The van der Waals surface area contributed by atoms with Crippen molar-refractivity contribution in [2.75, 3.05) is 33.2 Å². The first-order chi connectivity index (χ1) is 11.7. The van der Waals surface area contributed by atoms with Crippen LogP contribution in [0.3, 0.4) is 0 Å². The molecule has 2 N–H and O–H groups in total. The molecule has 5 nitrogen and oxygen atoms in total. The van der Waals surface area contributed by atoms with E-state index in [0.717, 1.165) is 12.6 Å². The number of nitrogens with zero attached hydrogens (tertiary/aromatic N) is 2. The van der Waals surface area contributed by atoms with E-state index in [0.29, 0.717) is 23.9 Å².